The predicted octanol–water partition coefficient (Wildman–Crippen LogP) is 1.58. The van der Waals surface area contributed by atoms with Gasteiger partial charge >= 0.3 is 5.97 Å². The third-order valence-electron chi connectivity index (χ3n) is 5.47. The number of nitro groups is 1. The minimum absolute atomic E-state index is 0.109. The van der Waals surface area contributed by atoms with Gasteiger partial charge in [0, 0.05) is 10.8 Å². The first-order chi connectivity index (χ1) is 14.2. The Bertz CT molecular complexity index is 695. The Balaban J connectivity index is 1.78. The lowest BCUT2D eigenvalue weighted by molar-refractivity contribution is -0.488. The highest BCUT2D eigenvalue weighted by Crippen LogP contribution is 2.46. The van der Waals surface area contributed by atoms with Crippen LogP contribution in [-0.2, 0) is 33.2 Å². The summed E-state index contributed by atoms with van der Waals surface area (Å²) in [6.45, 7) is 10.3. The number of nitrogens with zero attached hydrogens (tertiary/aromatic N) is 1. The van der Waals surface area contributed by atoms with Gasteiger partial charge in [-0.3, -0.25) is 14.9 Å². The summed E-state index contributed by atoms with van der Waals surface area (Å²) in [6.07, 6.45) is -3.69. The van der Waals surface area contributed by atoms with E-state index in [4.69, 9.17) is 28.4 Å². The monoisotopic (exact) mass is 447 g/mol. The minimum Gasteiger partial charge on any atom is -0.427 e. The van der Waals surface area contributed by atoms with Crippen molar-refractivity contribution in [2.24, 2.45) is 11.8 Å². The SMILES string of the molecule is CC(C)CC(CC(=O)O[C@@]1(O)[C@@H]([C@H]2COC(C)(C)O2)O[C@@H]2OC(C)(C)O[C@@H]21)C[N+](=O)[O-]. The van der Waals surface area contributed by atoms with Crippen LogP contribution in [0.5, 0.6) is 0 Å². The molecular weight excluding hydrogens is 414 g/mol. The van der Waals surface area contributed by atoms with Crippen LogP contribution < -0.4 is 0 Å². The molecule has 3 saturated heterocycles. The molecule has 0 amide bonds. The van der Waals surface area contributed by atoms with E-state index >= 15 is 0 Å². The van der Waals surface area contributed by atoms with Crippen LogP contribution in [0.15, 0.2) is 0 Å². The van der Waals surface area contributed by atoms with Gasteiger partial charge in [0.05, 0.1) is 13.0 Å². The number of carbonyl (C=O) groups is 1. The standard InChI is InChI=1S/C20H33NO10/c1-11(2)7-12(9-21(24)25)8-14(22)29-20(23)15(13-10-26-18(3,4)28-13)27-17-16(20)30-19(5,6)31-17/h11-13,15-17,23H,7-10H2,1-6H3/t12?,13-,15-,16+,17-,20+/m1/s1. The second kappa shape index (κ2) is 8.53. The molecule has 3 fully saturated rings. The highest BCUT2D eigenvalue weighted by molar-refractivity contribution is 5.70. The van der Waals surface area contributed by atoms with E-state index in [0.717, 1.165) is 0 Å². The number of rotatable bonds is 8. The fourth-order valence-electron chi connectivity index (χ4n) is 4.41. The third kappa shape index (κ3) is 5.52. The van der Waals surface area contributed by atoms with Gasteiger partial charge < -0.3 is 33.5 Å². The maximum absolute atomic E-state index is 12.8. The lowest BCUT2D eigenvalue weighted by Crippen LogP contribution is -2.57. The molecule has 0 aromatic carbocycles. The molecule has 3 aliphatic rings. The topological polar surface area (TPSA) is 136 Å². The molecule has 0 bridgehead atoms. The van der Waals surface area contributed by atoms with Crippen LogP contribution >= 0.6 is 0 Å². The first-order valence-electron chi connectivity index (χ1n) is 10.6. The van der Waals surface area contributed by atoms with Crippen molar-refractivity contribution in [3.8, 4) is 0 Å². The van der Waals surface area contributed by atoms with E-state index in [2.05, 4.69) is 0 Å². The zero-order chi connectivity index (χ0) is 23.2. The average Bonchev–Trinajstić information content (AvgIpc) is 3.16. The van der Waals surface area contributed by atoms with E-state index in [-0.39, 0.29) is 25.5 Å². The van der Waals surface area contributed by atoms with E-state index in [0.29, 0.717) is 6.42 Å². The Morgan fingerprint density at radius 3 is 2.39 bits per heavy atom. The molecule has 0 aromatic heterocycles. The van der Waals surface area contributed by atoms with Crippen molar-refractivity contribution in [2.75, 3.05) is 13.2 Å². The van der Waals surface area contributed by atoms with E-state index in [1.54, 1.807) is 27.7 Å². The lowest BCUT2D eigenvalue weighted by atomic mass is 9.94. The van der Waals surface area contributed by atoms with E-state index in [1.807, 2.05) is 13.8 Å². The molecule has 11 heteroatoms. The number of esters is 1. The Morgan fingerprint density at radius 2 is 1.84 bits per heavy atom. The average molecular weight is 447 g/mol. The lowest BCUT2D eigenvalue weighted by Gasteiger charge is -2.35. The molecule has 0 aliphatic carbocycles. The molecule has 0 saturated carbocycles. The van der Waals surface area contributed by atoms with Gasteiger partial charge in [0.2, 0.25) is 6.54 Å². The molecule has 0 radical (unpaired) electrons. The van der Waals surface area contributed by atoms with Crippen LogP contribution in [-0.4, -0.2) is 71.1 Å². The summed E-state index contributed by atoms with van der Waals surface area (Å²) < 4.78 is 34.2. The van der Waals surface area contributed by atoms with Crippen molar-refractivity contribution in [2.45, 2.75) is 96.3 Å². The largest absolute Gasteiger partial charge is 0.427 e. The third-order valence-corrected chi connectivity index (χ3v) is 5.47. The van der Waals surface area contributed by atoms with Gasteiger partial charge in [-0.1, -0.05) is 13.8 Å². The fraction of sp³-hybridized carbons (Fsp3) is 0.950. The molecule has 3 rings (SSSR count). The van der Waals surface area contributed by atoms with E-state index in [9.17, 15) is 20.0 Å². The maximum atomic E-state index is 12.8. The summed E-state index contributed by atoms with van der Waals surface area (Å²) in [5.74, 6) is -5.31. The summed E-state index contributed by atoms with van der Waals surface area (Å²) in [4.78, 5) is 23.3. The predicted molar refractivity (Wildman–Crippen MR) is 104 cm³/mol. The first-order valence-corrected chi connectivity index (χ1v) is 10.6. The van der Waals surface area contributed by atoms with Crippen molar-refractivity contribution < 1.29 is 43.2 Å². The molecule has 31 heavy (non-hydrogen) atoms. The maximum Gasteiger partial charge on any atom is 0.309 e. The highest BCUT2D eigenvalue weighted by Gasteiger charge is 2.68. The van der Waals surface area contributed by atoms with Crippen molar-refractivity contribution in [3.05, 3.63) is 10.1 Å². The Labute approximate surface area is 181 Å². The number of hydrogen-bond donors (Lipinski definition) is 1. The van der Waals surface area contributed by atoms with Crippen molar-refractivity contribution in [3.63, 3.8) is 0 Å². The summed E-state index contributed by atoms with van der Waals surface area (Å²) in [5, 5.41) is 22.5. The number of carbonyl (C=O) groups excluding carboxylic acids is 1. The van der Waals surface area contributed by atoms with Crippen LogP contribution in [0.2, 0.25) is 0 Å². The van der Waals surface area contributed by atoms with Crippen LogP contribution in [0.3, 0.4) is 0 Å². The molecule has 3 heterocycles. The molecule has 0 aromatic rings. The normalized spacial score (nSPS) is 37.0. The van der Waals surface area contributed by atoms with Crippen molar-refractivity contribution in [1.29, 1.82) is 0 Å². The molecule has 1 unspecified atom stereocenters. The number of hydrogen-bond acceptors (Lipinski definition) is 10. The number of aliphatic hydroxyl groups is 1. The summed E-state index contributed by atoms with van der Waals surface area (Å²) in [6, 6.07) is 0. The number of fused-ring (bicyclic) bond motifs is 1. The van der Waals surface area contributed by atoms with Gasteiger partial charge in [0.15, 0.2) is 30.1 Å². The molecule has 178 valence electrons. The fourth-order valence-corrected chi connectivity index (χ4v) is 4.41. The van der Waals surface area contributed by atoms with Crippen molar-refractivity contribution >= 4 is 5.97 Å². The van der Waals surface area contributed by atoms with Crippen LogP contribution in [0.1, 0.15) is 54.4 Å². The zero-order valence-corrected chi connectivity index (χ0v) is 18.9. The van der Waals surface area contributed by atoms with Gasteiger partial charge in [-0.25, -0.2) is 0 Å². The smallest absolute Gasteiger partial charge is 0.309 e. The molecule has 3 aliphatic heterocycles. The molecule has 6 atom stereocenters. The highest BCUT2D eigenvalue weighted by atomic mass is 16.9. The van der Waals surface area contributed by atoms with E-state index < -0.39 is 58.8 Å². The second-order valence-corrected chi connectivity index (χ2v) is 9.79. The summed E-state index contributed by atoms with van der Waals surface area (Å²) >= 11 is 0. The Morgan fingerprint density at radius 1 is 1.16 bits per heavy atom. The molecule has 11 nitrogen and oxygen atoms in total. The molecule has 1 N–H and O–H groups in total. The van der Waals surface area contributed by atoms with Crippen LogP contribution in [0, 0.1) is 22.0 Å². The van der Waals surface area contributed by atoms with Gasteiger partial charge in [0.1, 0.15) is 6.10 Å². The Kier molecular flexibility index (Phi) is 6.68. The van der Waals surface area contributed by atoms with Crippen LogP contribution in [0.4, 0.5) is 0 Å². The van der Waals surface area contributed by atoms with Crippen LogP contribution in [0.25, 0.3) is 0 Å². The summed E-state index contributed by atoms with van der Waals surface area (Å²) in [5.41, 5.74) is 0. The van der Waals surface area contributed by atoms with Gasteiger partial charge in [0.25, 0.3) is 5.79 Å². The second-order valence-electron chi connectivity index (χ2n) is 9.79. The quantitative estimate of drug-likeness (QED) is 0.253. The van der Waals surface area contributed by atoms with Gasteiger partial charge in [-0.15, -0.1) is 0 Å². The minimum atomic E-state index is -2.21. The van der Waals surface area contributed by atoms with Gasteiger partial charge in [-0.05, 0) is 40.0 Å². The van der Waals surface area contributed by atoms with Gasteiger partial charge in [-0.2, -0.15) is 0 Å². The number of ether oxygens (including phenoxy) is 6. The zero-order valence-electron chi connectivity index (χ0n) is 18.9. The molecule has 0 spiro atoms. The van der Waals surface area contributed by atoms with E-state index in [1.165, 1.54) is 0 Å². The summed E-state index contributed by atoms with van der Waals surface area (Å²) in [7, 11) is 0. The Hall–Kier alpha value is -1.37. The van der Waals surface area contributed by atoms with Crippen molar-refractivity contribution in [1.82, 2.24) is 0 Å². The first kappa shape index (κ1) is 24.3. The molecular formula is C20H33NO10.